The van der Waals surface area contributed by atoms with E-state index in [4.69, 9.17) is 17.3 Å². The molecule has 0 bridgehead atoms. The molecule has 0 radical (unpaired) electrons. The van der Waals surface area contributed by atoms with Crippen molar-refractivity contribution in [3.8, 4) is 10.4 Å². The Bertz CT molecular complexity index is 645. The number of aromatic nitrogens is 2. The number of nitrogens with zero attached hydrogens (tertiary/aromatic N) is 2. The fraction of sp³-hybridized carbons (Fsp3) is 0. The standard InChI is InChI=1S/C10H6ClN3S2/c11-8-7-5(6-2-1-3-15-6)4-16-9(7)14-10(12)13-8/h1-4H,(H2,12,13,14). The van der Waals surface area contributed by atoms with Gasteiger partial charge in [0.15, 0.2) is 0 Å². The summed E-state index contributed by atoms with van der Waals surface area (Å²) in [6.07, 6.45) is 0. The molecule has 0 amide bonds. The first-order valence-electron chi connectivity index (χ1n) is 4.50. The van der Waals surface area contributed by atoms with E-state index in [1.807, 2.05) is 16.8 Å². The number of anilines is 1. The van der Waals surface area contributed by atoms with E-state index in [-0.39, 0.29) is 5.95 Å². The lowest BCUT2D eigenvalue weighted by atomic mass is 10.2. The molecule has 3 aromatic heterocycles. The van der Waals surface area contributed by atoms with Crippen LogP contribution in [0.5, 0.6) is 0 Å². The van der Waals surface area contributed by atoms with Gasteiger partial charge in [-0.25, -0.2) is 9.97 Å². The Morgan fingerprint density at radius 2 is 2.12 bits per heavy atom. The first-order chi connectivity index (χ1) is 7.75. The molecule has 3 rings (SSSR count). The van der Waals surface area contributed by atoms with E-state index in [2.05, 4.69) is 16.0 Å². The summed E-state index contributed by atoms with van der Waals surface area (Å²) in [4.78, 5) is 10.2. The molecule has 0 aromatic carbocycles. The minimum Gasteiger partial charge on any atom is -0.368 e. The largest absolute Gasteiger partial charge is 0.368 e. The van der Waals surface area contributed by atoms with Crippen LogP contribution in [0.1, 0.15) is 0 Å². The zero-order valence-corrected chi connectivity index (χ0v) is 10.4. The van der Waals surface area contributed by atoms with Gasteiger partial charge in [-0.3, -0.25) is 0 Å². The summed E-state index contributed by atoms with van der Waals surface area (Å²) < 4.78 is 0. The van der Waals surface area contributed by atoms with Crippen molar-refractivity contribution in [1.82, 2.24) is 9.97 Å². The van der Waals surface area contributed by atoms with Crippen molar-refractivity contribution in [3.05, 3.63) is 28.0 Å². The van der Waals surface area contributed by atoms with Gasteiger partial charge in [0.1, 0.15) is 9.98 Å². The molecule has 3 aromatic rings. The number of rotatable bonds is 1. The average Bonchev–Trinajstić information content (AvgIpc) is 2.82. The maximum atomic E-state index is 6.11. The molecule has 0 aliphatic heterocycles. The maximum Gasteiger partial charge on any atom is 0.222 e. The second-order valence-electron chi connectivity index (χ2n) is 3.18. The normalized spacial score (nSPS) is 11.1. The molecule has 3 heterocycles. The number of fused-ring (bicyclic) bond motifs is 1. The van der Waals surface area contributed by atoms with Crippen molar-refractivity contribution in [2.45, 2.75) is 0 Å². The number of nitrogens with two attached hydrogens (primary N) is 1. The van der Waals surface area contributed by atoms with Gasteiger partial charge in [-0.2, -0.15) is 0 Å². The third-order valence-electron chi connectivity index (χ3n) is 2.19. The molecular formula is C10H6ClN3S2. The molecule has 0 aliphatic rings. The fourth-order valence-electron chi connectivity index (χ4n) is 1.53. The average molecular weight is 268 g/mol. The highest BCUT2D eigenvalue weighted by Crippen LogP contribution is 2.38. The van der Waals surface area contributed by atoms with Gasteiger partial charge in [0.2, 0.25) is 5.95 Å². The summed E-state index contributed by atoms with van der Waals surface area (Å²) in [7, 11) is 0. The van der Waals surface area contributed by atoms with Crippen LogP contribution in [0, 0.1) is 0 Å². The van der Waals surface area contributed by atoms with Crippen LogP contribution in [0.15, 0.2) is 22.9 Å². The minimum absolute atomic E-state index is 0.220. The number of hydrogen-bond acceptors (Lipinski definition) is 5. The number of thiophene rings is 2. The first-order valence-corrected chi connectivity index (χ1v) is 6.63. The Balaban J connectivity index is 2.36. The van der Waals surface area contributed by atoms with Crippen LogP contribution in [-0.2, 0) is 0 Å². The van der Waals surface area contributed by atoms with Crippen LogP contribution < -0.4 is 5.73 Å². The van der Waals surface area contributed by atoms with Crippen LogP contribution in [0.3, 0.4) is 0 Å². The van der Waals surface area contributed by atoms with E-state index >= 15 is 0 Å². The Kier molecular flexibility index (Phi) is 2.31. The Morgan fingerprint density at radius 1 is 1.25 bits per heavy atom. The van der Waals surface area contributed by atoms with Crippen LogP contribution in [0.25, 0.3) is 20.7 Å². The summed E-state index contributed by atoms with van der Waals surface area (Å²) in [5.41, 5.74) is 6.64. The molecule has 0 atom stereocenters. The smallest absolute Gasteiger partial charge is 0.222 e. The number of nitrogen functional groups attached to an aromatic ring is 1. The van der Waals surface area contributed by atoms with Crippen molar-refractivity contribution < 1.29 is 0 Å². The molecule has 0 unspecified atom stereocenters. The quantitative estimate of drug-likeness (QED) is 0.685. The third kappa shape index (κ3) is 1.48. The Labute approximate surface area is 105 Å². The van der Waals surface area contributed by atoms with Crippen LogP contribution in [-0.4, -0.2) is 9.97 Å². The van der Waals surface area contributed by atoms with E-state index in [1.54, 1.807) is 11.3 Å². The van der Waals surface area contributed by atoms with Gasteiger partial charge < -0.3 is 5.73 Å². The predicted molar refractivity (Wildman–Crippen MR) is 70.2 cm³/mol. The molecule has 0 saturated heterocycles. The van der Waals surface area contributed by atoms with Crippen molar-refractivity contribution >= 4 is 50.4 Å². The molecule has 16 heavy (non-hydrogen) atoms. The highest BCUT2D eigenvalue weighted by Gasteiger charge is 2.13. The third-order valence-corrected chi connectivity index (χ3v) is 4.24. The van der Waals surface area contributed by atoms with Gasteiger partial charge >= 0.3 is 0 Å². The molecule has 80 valence electrons. The van der Waals surface area contributed by atoms with Crippen LogP contribution in [0.2, 0.25) is 5.15 Å². The second-order valence-corrected chi connectivity index (χ2v) is 5.34. The summed E-state index contributed by atoms with van der Waals surface area (Å²) in [6, 6.07) is 4.06. The minimum atomic E-state index is 0.220. The second kappa shape index (κ2) is 3.69. The molecule has 0 fully saturated rings. The summed E-state index contributed by atoms with van der Waals surface area (Å²) in [6.45, 7) is 0. The molecule has 2 N–H and O–H groups in total. The summed E-state index contributed by atoms with van der Waals surface area (Å²) in [5.74, 6) is 0.220. The topological polar surface area (TPSA) is 51.8 Å². The summed E-state index contributed by atoms with van der Waals surface area (Å²) >= 11 is 9.31. The van der Waals surface area contributed by atoms with Crippen LogP contribution in [0.4, 0.5) is 5.95 Å². The van der Waals surface area contributed by atoms with E-state index in [0.717, 1.165) is 15.8 Å². The zero-order chi connectivity index (χ0) is 11.1. The van der Waals surface area contributed by atoms with Gasteiger partial charge in [-0.05, 0) is 11.4 Å². The first kappa shape index (κ1) is 10.0. The lowest BCUT2D eigenvalue weighted by Gasteiger charge is -1.98. The van der Waals surface area contributed by atoms with E-state index < -0.39 is 0 Å². The summed E-state index contributed by atoms with van der Waals surface area (Å²) in [5, 5.41) is 5.39. The molecule has 0 saturated carbocycles. The Hall–Kier alpha value is -1.17. The highest BCUT2D eigenvalue weighted by atomic mass is 35.5. The lowest BCUT2D eigenvalue weighted by molar-refractivity contribution is 1.25. The van der Waals surface area contributed by atoms with E-state index in [1.165, 1.54) is 16.2 Å². The highest BCUT2D eigenvalue weighted by molar-refractivity contribution is 7.18. The molecule has 0 aliphatic carbocycles. The molecular weight excluding hydrogens is 262 g/mol. The van der Waals surface area contributed by atoms with Gasteiger partial charge in [0, 0.05) is 15.8 Å². The zero-order valence-electron chi connectivity index (χ0n) is 7.98. The van der Waals surface area contributed by atoms with E-state index in [0.29, 0.717) is 5.15 Å². The van der Waals surface area contributed by atoms with Gasteiger partial charge in [0.05, 0.1) is 5.39 Å². The number of halogens is 1. The fourth-order valence-corrected chi connectivity index (χ4v) is 3.63. The molecule has 6 heteroatoms. The van der Waals surface area contributed by atoms with Gasteiger partial charge in [-0.15, -0.1) is 22.7 Å². The maximum absolute atomic E-state index is 6.11. The van der Waals surface area contributed by atoms with Gasteiger partial charge in [0.25, 0.3) is 0 Å². The van der Waals surface area contributed by atoms with Gasteiger partial charge in [-0.1, -0.05) is 17.7 Å². The Morgan fingerprint density at radius 3 is 2.88 bits per heavy atom. The monoisotopic (exact) mass is 267 g/mol. The lowest BCUT2D eigenvalue weighted by Crippen LogP contribution is -1.94. The molecule has 3 nitrogen and oxygen atoms in total. The van der Waals surface area contributed by atoms with Crippen molar-refractivity contribution in [3.63, 3.8) is 0 Å². The van der Waals surface area contributed by atoms with Crippen molar-refractivity contribution in [2.24, 2.45) is 0 Å². The van der Waals surface area contributed by atoms with E-state index in [9.17, 15) is 0 Å². The van der Waals surface area contributed by atoms with Crippen molar-refractivity contribution in [1.29, 1.82) is 0 Å². The molecule has 0 spiro atoms. The number of hydrogen-bond donors (Lipinski definition) is 1. The van der Waals surface area contributed by atoms with Crippen LogP contribution >= 0.6 is 34.3 Å². The SMILES string of the molecule is Nc1nc(Cl)c2c(-c3cccs3)csc2n1. The predicted octanol–water partition coefficient (Wildman–Crippen LogP) is 3.66. The van der Waals surface area contributed by atoms with Crippen molar-refractivity contribution in [2.75, 3.05) is 5.73 Å².